The molecule has 3 aromatic rings. The molecule has 8 heteroatoms. The zero-order chi connectivity index (χ0) is 18.0. The summed E-state index contributed by atoms with van der Waals surface area (Å²) in [5.41, 5.74) is 1.25. The lowest BCUT2D eigenvalue weighted by molar-refractivity contribution is 0.0697. The van der Waals surface area contributed by atoms with Crippen molar-refractivity contribution in [2.45, 2.75) is 11.4 Å². The van der Waals surface area contributed by atoms with Crippen molar-refractivity contribution < 1.29 is 22.9 Å². The van der Waals surface area contributed by atoms with Crippen LogP contribution in [0.5, 0.6) is 0 Å². The molecule has 0 saturated carbocycles. The van der Waals surface area contributed by atoms with E-state index in [9.17, 15) is 22.9 Å². The molecule has 0 radical (unpaired) electrons. The van der Waals surface area contributed by atoms with E-state index in [1.807, 2.05) is 6.07 Å². The second-order valence-electron chi connectivity index (χ2n) is 5.34. The molecule has 0 atom stereocenters. The average molecular weight is 358 g/mol. The molecule has 0 bridgehead atoms. The minimum atomic E-state index is -4.38. The fraction of sp³-hybridized carbons (Fsp3) is 0.0588. The summed E-state index contributed by atoms with van der Waals surface area (Å²) in [4.78, 5) is 11.3. The molecule has 0 spiro atoms. The minimum absolute atomic E-state index is 0.00305. The molecule has 1 heterocycles. The minimum Gasteiger partial charge on any atom is -0.478 e. The molecule has 1 aromatic heterocycles. The van der Waals surface area contributed by atoms with Crippen LogP contribution in [0.2, 0.25) is 0 Å². The fourth-order valence-electron chi connectivity index (χ4n) is 2.53. The second-order valence-corrected chi connectivity index (χ2v) is 6.73. The summed E-state index contributed by atoms with van der Waals surface area (Å²) in [6.07, 6.45) is 1.34. The number of hydrogen-bond donors (Lipinski definition) is 2. The predicted octanol–water partition coefficient (Wildman–Crippen LogP) is 2.54. The van der Waals surface area contributed by atoms with Gasteiger partial charge in [-0.3, -0.25) is 9.23 Å². The summed E-state index contributed by atoms with van der Waals surface area (Å²) < 4.78 is 33.6. The Morgan fingerprint density at radius 1 is 1.04 bits per heavy atom. The van der Waals surface area contributed by atoms with Gasteiger partial charge in [-0.05, 0) is 11.6 Å². The predicted molar refractivity (Wildman–Crippen MR) is 90.0 cm³/mol. The van der Waals surface area contributed by atoms with E-state index in [4.69, 9.17) is 0 Å². The molecule has 2 aromatic carbocycles. The Morgan fingerprint density at radius 2 is 1.68 bits per heavy atom. The molecule has 0 aliphatic rings. The Morgan fingerprint density at radius 3 is 2.32 bits per heavy atom. The number of carbonyl (C=O) groups is 1. The first-order chi connectivity index (χ1) is 11.9. The van der Waals surface area contributed by atoms with Gasteiger partial charge in [0.2, 0.25) is 0 Å². The van der Waals surface area contributed by atoms with E-state index >= 15 is 0 Å². The highest BCUT2D eigenvalue weighted by molar-refractivity contribution is 7.85. The lowest BCUT2D eigenvalue weighted by atomic mass is 10.1. The van der Waals surface area contributed by atoms with Gasteiger partial charge in [0.15, 0.2) is 0 Å². The van der Waals surface area contributed by atoms with Gasteiger partial charge in [-0.15, -0.1) is 0 Å². The van der Waals surface area contributed by atoms with Gasteiger partial charge in [0, 0.05) is 11.8 Å². The van der Waals surface area contributed by atoms with E-state index in [0.717, 1.165) is 0 Å². The van der Waals surface area contributed by atoms with Crippen LogP contribution in [0.1, 0.15) is 15.9 Å². The molecule has 3 rings (SSSR count). The topological polar surface area (TPSA) is 109 Å². The quantitative estimate of drug-likeness (QED) is 0.678. The third kappa shape index (κ3) is 3.59. The molecule has 0 aliphatic carbocycles. The molecular formula is C17H14N2O5S. The van der Waals surface area contributed by atoms with Crippen molar-refractivity contribution in [1.29, 1.82) is 0 Å². The number of hydrogen-bond acceptors (Lipinski definition) is 4. The standard InChI is InChI=1S/C17H14N2O5S/c20-17(21)14-11-19(18-16(14)12-6-2-1-3-7-12)10-13-8-4-5-9-15(13)25(22,23)24/h1-9,11H,10H2,(H,20,21)(H,22,23,24). The summed E-state index contributed by atoms with van der Waals surface area (Å²) in [5.74, 6) is -1.13. The van der Waals surface area contributed by atoms with E-state index in [2.05, 4.69) is 5.10 Å². The van der Waals surface area contributed by atoms with E-state index in [1.54, 1.807) is 30.3 Å². The van der Waals surface area contributed by atoms with Crippen LogP contribution in [0.4, 0.5) is 0 Å². The maximum absolute atomic E-state index is 11.5. The summed E-state index contributed by atoms with van der Waals surface area (Å²) in [5, 5.41) is 13.7. The molecule has 128 valence electrons. The zero-order valence-corrected chi connectivity index (χ0v) is 13.7. The second kappa shape index (κ2) is 6.50. The fourth-order valence-corrected chi connectivity index (χ4v) is 3.24. The van der Waals surface area contributed by atoms with Crippen LogP contribution < -0.4 is 0 Å². The van der Waals surface area contributed by atoms with Gasteiger partial charge < -0.3 is 5.11 Å². The van der Waals surface area contributed by atoms with Crippen LogP contribution >= 0.6 is 0 Å². The number of nitrogens with zero attached hydrogens (tertiary/aromatic N) is 2. The molecule has 0 unspecified atom stereocenters. The number of aromatic nitrogens is 2. The molecule has 0 aliphatic heterocycles. The molecule has 0 saturated heterocycles. The highest BCUT2D eigenvalue weighted by atomic mass is 32.2. The summed E-state index contributed by atoms with van der Waals surface area (Å²) in [7, 11) is -4.38. The number of carboxylic acids is 1. The molecule has 25 heavy (non-hydrogen) atoms. The highest BCUT2D eigenvalue weighted by Crippen LogP contribution is 2.23. The third-order valence-electron chi connectivity index (χ3n) is 3.62. The maximum atomic E-state index is 11.5. The molecular weight excluding hydrogens is 344 g/mol. The Hall–Kier alpha value is -2.97. The van der Waals surface area contributed by atoms with Crippen LogP contribution in [-0.2, 0) is 16.7 Å². The van der Waals surface area contributed by atoms with Crippen molar-refractivity contribution in [3.63, 3.8) is 0 Å². The van der Waals surface area contributed by atoms with Gasteiger partial charge in [-0.2, -0.15) is 13.5 Å². The smallest absolute Gasteiger partial charge is 0.339 e. The highest BCUT2D eigenvalue weighted by Gasteiger charge is 2.19. The number of aromatic carboxylic acids is 1. The van der Waals surface area contributed by atoms with Gasteiger partial charge >= 0.3 is 5.97 Å². The van der Waals surface area contributed by atoms with Gasteiger partial charge in [0.05, 0.1) is 11.4 Å². The van der Waals surface area contributed by atoms with Crippen molar-refractivity contribution in [2.75, 3.05) is 0 Å². The van der Waals surface area contributed by atoms with Crippen molar-refractivity contribution in [3.05, 3.63) is 71.9 Å². The van der Waals surface area contributed by atoms with Crippen LogP contribution in [-0.4, -0.2) is 33.8 Å². The summed E-state index contributed by atoms with van der Waals surface area (Å²) in [6.45, 7) is 0.00305. The van der Waals surface area contributed by atoms with Crippen molar-refractivity contribution in [2.24, 2.45) is 0 Å². The maximum Gasteiger partial charge on any atom is 0.339 e. The van der Waals surface area contributed by atoms with E-state index in [1.165, 1.54) is 29.1 Å². The van der Waals surface area contributed by atoms with Crippen LogP contribution in [0.15, 0.2) is 65.7 Å². The lowest BCUT2D eigenvalue weighted by Crippen LogP contribution is -2.07. The van der Waals surface area contributed by atoms with Gasteiger partial charge in [-0.25, -0.2) is 4.79 Å². The Bertz CT molecular complexity index is 1030. The summed E-state index contributed by atoms with van der Waals surface area (Å²) >= 11 is 0. The van der Waals surface area contributed by atoms with E-state index in [0.29, 0.717) is 11.1 Å². The van der Waals surface area contributed by atoms with Crippen LogP contribution in [0, 0.1) is 0 Å². The Kier molecular flexibility index (Phi) is 4.39. The number of benzene rings is 2. The number of rotatable bonds is 5. The summed E-state index contributed by atoms with van der Waals surface area (Å²) in [6, 6.07) is 14.8. The van der Waals surface area contributed by atoms with Crippen LogP contribution in [0.25, 0.3) is 11.3 Å². The Labute approximate surface area is 143 Å². The number of carboxylic acid groups (broad SMARTS) is 1. The molecule has 2 N–H and O–H groups in total. The lowest BCUT2D eigenvalue weighted by Gasteiger charge is -2.07. The van der Waals surface area contributed by atoms with Gasteiger partial charge in [0.1, 0.15) is 11.3 Å². The van der Waals surface area contributed by atoms with E-state index < -0.39 is 16.1 Å². The third-order valence-corrected chi connectivity index (χ3v) is 4.58. The first kappa shape index (κ1) is 16.9. The molecule has 0 amide bonds. The van der Waals surface area contributed by atoms with Crippen molar-refractivity contribution in [3.8, 4) is 11.3 Å². The SMILES string of the molecule is O=C(O)c1cn(Cc2ccccc2S(=O)(=O)O)nc1-c1ccccc1. The first-order valence-electron chi connectivity index (χ1n) is 7.28. The Balaban J connectivity index is 2.05. The largest absolute Gasteiger partial charge is 0.478 e. The van der Waals surface area contributed by atoms with Crippen molar-refractivity contribution >= 4 is 16.1 Å². The average Bonchev–Trinajstić information content (AvgIpc) is 2.99. The normalized spacial score (nSPS) is 11.4. The molecule has 7 nitrogen and oxygen atoms in total. The zero-order valence-electron chi connectivity index (χ0n) is 12.9. The molecule has 0 fully saturated rings. The van der Waals surface area contributed by atoms with Gasteiger partial charge in [-0.1, -0.05) is 48.5 Å². The van der Waals surface area contributed by atoms with Gasteiger partial charge in [0.25, 0.3) is 10.1 Å². The van der Waals surface area contributed by atoms with Crippen LogP contribution in [0.3, 0.4) is 0 Å². The van der Waals surface area contributed by atoms with Crippen molar-refractivity contribution in [1.82, 2.24) is 9.78 Å². The van der Waals surface area contributed by atoms with E-state index in [-0.39, 0.29) is 22.7 Å². The first-order valence-corrected chi connectivity index (χ1v) is 8.72. The monoisotopic (exact) mass is 358 g/mol.